The van der Waals surface area contributed by atoms with E-state index in [4.69, 9.17) is 9.47 Å². The molecule has 1 amide bonds. The van der Waals surface area contributed by atoms with Crippen LogP contribution in [0.25, 0.3) is 0 Å². The molecule has 3 aromatic rings. The van der Waals surface area contributed by atoms with Crippen LogP contribution in [0.3, 0.4) is 0 Å². The number of hydrogen-bond donors (Lipinski definition) is 2. The van der Waals surface area contributed by atoms with E-state index < -0.39 is 0 Å². The van der Waals surface area contributed by atoms with Gasteiger partial charge in [0.2, 0.25) is 0 Å². The molecule has 0 fully saturated rings. The first-order valence-electron chi connectivity index (χ1n) is 9.22. The molecule has 1 heterocycles. The number of rotatable bonds is 7. The fraction of sp³-hybridized carbons (Fsp3) is 0.227. The second kappa shape index (κ2) is 9.05. The minimum Gasteiger partial charge on any atom is -0.493 e. The lowest BCUT2D eigenvalue weighted by Gasteiger charge is -2.11. The van der Waals surface area contributed by atoms with Gasteiger partial charge in [0.05, 0.1) is 14.2 Å². The molecule has 2 aromatic carbocycles. The summed E-state index contributed by atoms with van der Waals surface area (Å²) in [5.74, 6) is 1.77. The van der Waals surface area contributed by atoms with Crippen molar-refractivity contribution in [2.45, 2.75) is 19.8 Å². The van der Waals surface area contributed by atoms with E-state index in [1.54, 1.807) is 38.5 Å². The number of hydrogen-bond acceptors (Lipinski definition) is 6. The van der Waals surface area contributed by atoms with Crippen LogP contribution in [0, 0.1) is 0 Å². The largest absolute Gasteiger partial charge is 0.493 e. The van der Waals surface area contributed by atoms with Crippen LogP contribution in [0.15, 0.2) is 54.9 Å². The fourth-order valence-corrected chi connectivity index (χ4v) is 2.76. The molecule has 2 N–H and O–H groups in total. The Bertz CT molecular complexity index is 988. The summed E-state index contributed by atoms with van der Waals surface area (Å²) < 4.78 is 10.5. The first-order chi connectivity index (χ1) is 14.0. The van der Waals surface area contributed by atoms with Gasteiger partial charge in [-0.1, -0.05) is 26.0 Å². The van der Waals surface area contributed by atoms with Gasteiger partial charge in [0.15, 0.2) is 11.5 Å². The highest BCUT2D eigenvalue weighted by atomic mass is 16.5. The van der Waals surface area contributed by atoms with Gasteiger partial charge in [-0.3, -0.25) is 4.79 Å². The quantitative estimate of drug-likeness (QED) is 0.611. The van der Waals surface area contributed by atoms with E-state index in [0.29, 0.717) is 28.9 Å². The number of nitrogens with one attached hydrogen (secondary N) is 2. The topological polar surface area (TPSA) is 85.4 Å². The third-order valence-corrected chi connectivity index (χ3v) is 4.39. The van der Waals surface area contributed by atoms with Crippen molar-refractivity contribution >= 4 is 23.1 Å². The summed E-state index contributed by atoms with van der Waals surface area (Å²) in [6, 6.07) is 14.9. The number of benzene rings is 2. The van der Waals surface area contributed by atoms with Crippen LogP contribution >= 0.6 is 0 Å². The Morgan fingerprint density at radius 1 is 0.897 bits per heavy atom. The zero-order chi connectivity index (χ0) is 20.8. The average Bonchev–Trinajstić information content (AvgIpc) is 2.74. The number of methoxy groups -OCH3 is 2. The Balaban J connectivity index is 1.72. The Hall–Kier alpha value is -3.61. The van der Waals surface area contributed by atoms with Crippen LogP contribution < -0.4 is 20.1 Å². The SMILES string of the molecule is COc1ccc(NC(=O)c2cc(Nc3ccc(C(C)C)cc3)ncn2)cc1OC. The molecular formula is C22H24N4O3. The standard InChI is InChI=1S/C22H24N4O3/c1-14(2)15-5-7-16(8-6-15)25-21-12-18(23-13-24-21)22(27)26-17-9-10-19(28-3)20(11-17)29-4/h5-14H,1-4H3,(H,26,27)(H,23,24,25). The highest BCUT2D eigenvalue weighted by Gasteiger charge is 2.12. The fourth-order valence-electron chi connectivity index (χ4n) is 2.76. The summed E-state index contributed by atoms with van der Waals surface area (Å²) in [4.78, 5) is 20.9. The number of carbonyl (C=O) groups is 1. The average molecular weight is 392 g/mol. The zero-order valence-corrected chi connectivity index (χ0v) is 16.9. The second-order valence-corrected chi connectivity index (χ2v) is 6.71. The lowest BCUT2D eigenvalue weighted by molar-refractivity contribution is 0.102. The normalized spacial score (nSPS) is 10.5. The van der Waals surface area contributed by atoms with Crippen molar-refractivity contribution in [2.75, 3.05) is 24.9 Å². The molecule has 29 heavy (non-hydrogen) atoms. The summed E-state index contributed by atoms with van der Waals surface area (Å²) in [5.41, 5.74) is 2.97. The van der Waals surface area contributed by atoms with E-state index in [1.807, 2.05) is 12.1 Å². The van der Waals surface area contributed by atoms with Crippen LogP contribution in [-0.4, -0.2) is 30.1 Å². The number of anilines is 3. The molecular weight excluding hydrogens is 368 g/mol. The van der Waals surface area contributed by atoms with Gasteiger partial charge >= 0.3 is 0 Å². The second-order valence-electron chi connectivity index (χ2n) is 6.71. The summed E-state index contributed by atoms with van der Waals surface area (Å²) in [5, 5.41) is 6.00. The molecule has 0 unspecified atom stereocenters. The summed E-state index contributed by atoms with van der Waals surface area (Å²) in [6.45, 7) is 4.30. The number of ether oxygens (including phenoxy) is 2. The van der Waals surface area contributed by atoms with Crippen molar-refractivity contribution in [1.82, 2.24) is 9.97 Å². The molecule has 0 aliphatic heterocycles. The highest BCUT2D eigenvalue weighted by molar-refractivity contribution is 6.03. The van der Waals surface area contributed by atoms with Crippen molar-refractivity contribution in [3.05, 3.63) is 66.1 Å². The van der Waals surface area contributed by atoms with Gasteiger partial charge in [0, 0.05) is 23.5 Å². The molecule has 7 heteroatoms. The molecule has 0 bridgehead atoms. The van der Waals surface area contributed by atoms with Crippen LogP contribution in [0.2, 0.25) is 0 Å². The third-order valence-electron chi connectivity index (χ3n) is 4.39. The minimum absolute atomic E-state index is 0.246. The van der Waals surface area contributed by atoms with Crippen molar-refractivity contribution in [2.24, 2.45) is 0 Å². The molecule has 0 spiro atoms. The smallest absolute Gasteiger partial charge is 0.274 e. The Morgan fingerprint density at radius 3 is 2.24 bits per heavy atom. The minimum atomic E-state index is -0.349. The van der Waals surface area contributed by atoms with Crippen molar-refractivity contribution in [3.8, 4) is 11.5 Å². The molecule has 1 aromatic heterocycles. The monoisotopic (exact) mass is 392 g/mol. The summed E-state index contributed by atoms with van der Waals surface area (Å²) in [7, 11) is 3.10. The molecule has 0 aliphatic carbocycles. The van der Waals surface area contributed by atoms with E-state index in [-0.39, 0.29) is 11.6 Å². The Kier molecular flexibility index (Phi) is 6.29. The predicted octanol–water partition coefficient (Wildman–Crippen LogP) is 4.61. The maximum atomic E-state index is 12.6. The Labute approximate surface area is 170 Å². The van der Waals surface area contributed by atoms with Crippen LogP contribution in [0.4, 0.5) is 17.2 Å². The maximum Gasteiger partial charge on any atom is 0.274 e. The predicted molar refractivity (Wildman–Crippen MR) is 113 cm³/mol. The first-order valence-corrected chi connectivity index (χ1v) is 9.22. The van der Waals surface area contributed by atoms with Gasteiger partial charge in [-0.2, -0.15) is 0 Å². The molecule has 0 atom stereocenters. The van der Waals surface area contributed by atoms with Crippen molar-refractivity contribution in [3.63, 3.8) is 0 Å². The lowest BCUT2D eigenvalue weighted by Crippen LogP contribution is -2.14. The summed E-state index contributed by atoms with van der Waals surface area (Å²) >= 11 is 0. The van der Waals surface area contributed by atoms with Gasteiger partial charge in [-0.05, 0) is 35.7 Å². The third kappa shape index (κ3) is 5.01. The summed E-state index contributed by atoms with van der Waals surface area (Å²) in [6.07, 6.45) is 1.36. The van der Waals surface area contributed by atoms with E-state index in [0.717, 1.165) is 5.69 Å². The number of carbonyl (C=O) groups excluding carboxylic acids is 1. The number of amides is 1. The number of aromatic nitrogens is 2. The lowest BCUT2D eigenvalue weighted by atomic mass is 10.0. The molecule has 0 radical (unpaired) electrons. The van der Waals surface area contributed by atoms with E-state index in [9.17, 15) is 4.79 Å². The van der Waals surface area contributed by atoms with Crippen LogP contribution in [0.1, 0.15) is 35.8 Å². The van der Waals surface area contributed by atoms with E-state index >= 15 is 0 Å². The first kappa shape index (κ1) is 20.1. The van der Waals surface area contributed by atoms with Crippen LogP contribution in [0.5, 0.6) is 11.5 Å². The van der Waals surface area contributed by atoms with Gasteiger partial charge in [-0.15, -0.1) is 0 Å². The van der Waals surface area contributed by atoms with Gasteiger partial charge < -0.3 is 20.1 Å². The molecule has 3 rings (SSSR count). The van der Waals surface area contributed by atoms with E-state index in [2.05, 4.69) is 46.6 Å². The Morgan fingerprint density at radius 2 is 1.59 bits per heavy atom. The van der Waals surface area contributed by atoms with Crippen molar-refractivity contribution in [1.29, 1.82) is 0 Å². The van der Waals surface area contributed by atoms with E-state index in [1.165, 1.54) is 11.9 Å². The maximum absolute atomic E-state index is 12.6. The van der Waals surface area contributed by atoms with Gasteiger partial charge in [0.25, 0.3) is 5.91 Å². The zero-order valence-electron chi connectivity index (χ0n) is 16.9. The van der Waals surface area contributed by atoms with Gasteiger partial charge in [0.1, 0.15) is 17.8 Å². The molecule has 7 nitrogen and oxygen atoms in total. The van der Waals surface area contributed by atoms with Crippen LogP contribution in [-0.2, 0) is 0 Å². The highest BCUT2D eigenvalue weighted by Crippen LogP contribution is 2.30. The molecule has 0 saturated heterocycles. The molecule has 0 saturated carbocycles. The van der Waals surface area contributed by atoms with Crippen molar-refractivity contribution < 1.29 is 14.3 Å². The molecule has 0 aliphatic rings. The number of nitrogens with zero attached hydrogens (tertiary/aromatic N) is 2. The molecule has 150 valence electrons. The van der Waals surface area contributed by atoms with Gasteiger partial charge in [-0.25, -0.2) is 9.97 Å².